The van der Waals surface area contributed by atoms with Crippen LogP contribution in [0.3, 0.4) is 0 Å². The molecule has 0 bridgehead atoms. The zero-order valence-corrected chi connectivity index (χ0v) is 16.3. The fraction of sp³-hybridized carbons (Fsp3) is 0.350. The van der Waals surface area contributed by atoms with Gasteiger partial charge < -0.3 is 5.32 Å². The Balaban J connectivity index is 1.90. The summed E-state index contributed by atoms with van der Waals surface area (Å²) in [6, 6.07) is 15.5. The minimum absolute atomic E-state index is 0.113. The predicted molar refractivity (Wildman–Crippen MR) is 104 cm³/mol. The van der Waals surface area contributed by atoms with Gasteiger partial charge >= 0.3 is 0 Å². The first-order valence-corrected chi connectivity index (χ1v) is 10.4. The number of carbonyl (C=O) groups is 1. The third-order valence-electron chi connectivity index (χ3n) is 4.25. The lowest BCUT2D eigenvalue weighted by molar-refractivity contribution is -0.120. The molecule has 6 heteroatoms. The van der Waals surface area contributed by atoms with E-state index in [0.717, 1.165) is 22.3 Å². The zero-order valence-electron chi connectivity index (χ0n) is 15.5. The Hall–Kier alpha value is -2.18. The molecule has 0 atom stereocenters. The Labute approximate surface area is 156 Å². The molecule has 0 radical (unpaired) electrons. The Morgan fingerprint density at radius 3 is 2.31 bits per heavy atom. The van der Waals surface area contributed by atoms with E-state index in [9.17, 15) is 13.2 Å². The lowest BCUT2D eigenvalue weighted by atomic mass is 10.1. The second-order valence-electron chi connectivity index (χ2n) is 6.54. The van der Waals surface area contributed by atoms with Crippen molar-refractivity contribution >= 4 is 15.9 Å². The Morgan fingerprint density at radius 2 is 1.69 bits per heavy atom. The number of amides is 1. The van der Waals surface area contributed by atoms with Gasteiger partial charge in [-0.25, -0.2) is 8.42 Å². The van der Waals surface area contributed by atoms with Crippen molar-refractivity contribution in [1.29, 1.82) is 0 Å². The van der Waals surface area contributed by atoms with Crippen molar-refractivity contribution in [3.8, 4) is 0 Å². The highest BCUT2D eigenvalue weighted by atomic mass is 32.2. The first-order chi connectivity index (χ1) is 12.3. The normalized spacial score (nSPS) is 11.5. The van der Waals surface area contributed by atoms with Crippen LogP contribution in [-0.2, 0) is 27.8 Å². The zero-order chi connectivity index (χ0) is 19.2. The van der Waals surface area contributed by atoms with E-state index in [2.05, 4.69) is 5.32 Å². The number of carbonyl (C=O) groups excluding carboxylic acids is 1. The molecule has 0 heterocycles. The quantitative estimate of drug-likeness (QED) is 0.772. The van der Waals surface area contributed by atoms with Gasteiger partial charge in [-0.2, -0.15) is 4.31 Å². The van der Waals surface area contributed by atoms with Crippen molar-refractivity contribution < 1.29 is 13.2 Å². The molecule has 1 N–H and O–H groups in total. The monoisotopic (exact) mass is 374 g/mol. The second-order valence-corrected chi connectivity index (χ2v) is 8.52. The van der Waals surface area contributed by atoms with Crippen molar-refractivity contribution in [2.75, 3.05) is 19.3 Å². The fourth-order valence-electron chi connectivity index (χ4n) is 2.61. The van der Waals surface area contributed by atoms with Crippen molar-refractivity contribution in [1.82, 2.24) is 9.62 Å². The van der Waals surface area contributed by atoms with Crippen LogP contribution in [0.4, 0.5) is 0 Å². The summed E-state index contributed by atoms with van der Waals surface area (Å²) in [5.74, 6) is -0.113. The topological polar surface area (TPSA) is 66.5 Å². The van der Waals surface area contributed by atoms with E-state index in [4.69, 9.17) is 0 Å². The van der Waals surface area contributed by atoms with Gasteiger partial charge in [0.05, 0.1) is 12.7 Å². The summed E-state index contributed by atoms with van der Waals surface area (Å²) in [6.45, 7) is 4.78. The van der Waals surface area contributed by atoms with Gasteiger partial charge in [0.15, 0.2) is 0 Å². The maximum Gasteiger partial charge on any atom is 0.224 e. The van der Waals surface area contributed by atoms with Crippen molar-refractivity contribution in [3.63, 3.8) is 0 Å². The minimum Gasteiger partial charge on any atom is -0.354 e. The summed E-state index contributed by atoms with van der Waals surface area (Å²) in [6.07, 6.45) is 1.48. The number of benzene rings is 2. The molecule has 2 rings (SSSR count). The smallest absolute Gasteiger partial charge is 0.224 e. The molecule has 0 aliphatic rings. The molecular weight excluding hydrogens is 348 g/mol. The number of sulfonamides is 1. The standard InChI is InChI=1S/C20H26N2O3S/c1-16-8-10-18(11-9-16)14-20(23)21-12-13-22(26(3,24)25)15-19-7-5-4-6-17(19)2/h4-11H,12-15H2,1-3H3,(H,21,23). The molecule has 0 saturated carbocycles. The number of nitrogens with one attached hydrogen (secondary N) is 1. The van der Waals surface area contributed by atoms with E-state index in [1.165, 1.54) is 10.6 Å². The highest BCUT2D eigenvalue weighted by molar-refractivity contribution is 7.88. The van der Waals surface area contributed by atoms with Gasteiger partial charge in [0.25, 0.3) is 0 Å². The van der Waals surface area contributed by atoms with Crippen molar-refractivity contribution in [3.05, 3.63) is 70.8 Å². The number of aryl methyl sites for hydroxylation is 2. The molecule has 2 aromatic carbocycles. The third-order valence-corrected chi connectivity index (χ3v) is 5.50. The Morgan fingerprint density at radius 1 is 1.04 bits per heavy atom. The SMILES string of the molecule is Cc1ccc(CC(=O)NCCN(Cc2ccccc2C)S(C)(=O)=O)cc1. The molecule has 26 heavy (non-hydrogen) atoms. The van der Waals surface area contributed by atoms with Crippen LogP contribution in [0.2, 0.25) is 0 Å². The van der Waals surface area contributed by atoms with Gasteiger partial charge in [0.2, 0.25) is 15.9 Å². The Kier molecular flexibility index (Phi) is 6.94. The highest BCUT2D eigenvalue weighted by Crippen LogP contribution is 2.12. The summed E-state index contributed by atoms with van der Waals surface area (Å²) >= 11 is 0. The molecule has 1 amide bonds. The number of hydrogen-bond donors (Lipinski definition) is 1. The summed E-state index contributed by atoms with van der Waals surface area (Å²) in [5.41, 5.74) is 4.09. The van der Waals surface area contributed by atoms with Crippen LogP contribution in [0.25, 0.3) is 0 Å². The van der Waals surface area contributed by atoms with Crippen LogP contribution in [0.5, 0.6) is 0 Å². The van der Waals surface area contributed by atoms with Gasteiger partial charge in [0.1, 0.15) is 0 Å². The number of rotatable bonds is 8. The van der Waals surface area contributed by atoms with Crippen molar-refractivity contribution in [2.45, 2.75) is 26.8 Å². The highest BCUT2D eigenvalue weighted by Gasteiger charge is 2.17. The van der Waals surface area contributed by atoms with E-state index in [1.54, 1.807) is 0 Å². The second kappa shape index (κ2) is 8.96. The first kappa shape index (κ1) is 20.1. The molecule has 2 aromatic rings. The molecule has 0 unspecified atom stereocenters. The minimum atomic E-state index is -3.36. The molecular formula is C20H26N2O3S. The van der Waals surface area contributed by atoms with E-state index in [0.29, 0.717) is 6.54 Å². The number of hydrogen-bond acceptors (Lipinski definition) is 3. The van der Waals surface area contributed by atoms with E-state index in [1.807, 2.05) is 62.4 Å². The lowest BCUT2D eigenvalue weighted by Gasteiger charge is -2.21. The molecule has 0 fully saturated rings. The van der Waals surface area contributed by atoms with Crippen LogP contribution in [0, 0.1) is 13.8 Å². The molecule has 0 aliphatic heterocycles. The maximum atomic E-state index is 12.1. The summed E-state index contributed by atoms with van der Waals surface area (Å²) in [4.78, 5) is 12.1. The van der Waals surface area contributed by atoms with Gasteiger partial charge in [0, 0.05) is 19.6 Å². The van der Waals surface area contributed by atoms with E-state index in [-0.39, 0.29) is 25.4 Å². The van der Waals surface area contributed by atoms with Crippen LogP contribution in [0.15, 0.2) is 48.5 Å². The van der Waals surface area contributed by atoms with Crippen LogP contribution < -0.4 is 5.32 Å². The molecule has 0 spiro atoms. The summed E-state index contributed by atoms with van der Waals surface area (Å²) < 4.78 is 25.5. The van der Waals surface area contributed by atoms with Gasteiger partial charge in [-0.1, -0.05) is 54.1 Å². The maximum absolute atomic E-state index is 12.1. The molecule has 0 aromatic heterocycles. The van der Waals surface area contributed by atoms with Crippen molar-refractivity contribution in [2.24, 2.45) is 0 Å². The van der Waals surface area contributed by atoms with Crippen LogP contribution >= 0.6 is 0 Å². The molecule has 5 nitrogen and oxygen atoms in total. The van der Waals surface area contributed by atoms with E-state index < -0.39 is 10.0 Å². The molecule has 0 saturated heterocycles. The molecule has 0 aliphatic carbocycles. The van der Waals surface area contributed by atoms with E-state index >= 15 is 0 Å². The lowest BCUT2D eigenvalue weighted by Crippen LogP contribution is -2.38. The van der Waals surface area contributed by atoms with Gasteiger partial charge in [-0.15, -0.1) is 0 Å². The van der Waals surface area contributed by atoms with Gasteiger partial charge in [-0.3, -0.25) is 4.79 Å². The fourth-order valence-corrected chi connectivity index (χ4v) is 3.41. The average Bonchev–Trinajstić information content (AvgIpc) is 2.57. The average molecular weight is 375 g/mol. The Bertz CT molecular complexity index is 846. The summed E-state index contributed by atoms with van der Waals surface area (Å²) in [5, 5.41) is 2.80. The molecule has 140 valence electrons. The summed E-state index contributed by atoms with van der Waals surface area (Å²) in [7, 11) is -3.36. The largest absolute Gasteiger partial charge is 0.354 e. The van der Waals surface area contributed by atoms with Crippen LogP contribution in [-0.4, -0.2) is 38.0 Å². The first-order valence-electron chi connectivity index (χ1n) is 8.57. The third kappa shape index (κ3) is 6.28. The predicted octanol–water partition coefficient (Wildman–Crippen LogP) is 2.42. The number of nitrogens with zero attached hydrogens (tertiary/aromatic N) is 1. The van der Waals surface area contributed by atoms with Gasteiger partial charge in [-0.05, 0) is 30.5 Å². The van der Waals surface area contributed by atoms with Crippen LogP contribution in [0.1, 0.15) is 22.3 Å².